The van der Waals surface area contributed by atoms with E-state index in [2.05, 4.69) is 5.43 Å². The molecule has 9 heteroatoms. The molecule has 0 bridgehead atoms. The maximum atomic E-state index is 12.9. The van der Waals surface area contributed by atoms with Crippen LogP contribution in [-0.4, -0.2) is 26.0 Å². The van der Waals surface area contributed by atoms with Gasteiger partial charge in [-0.2, -0.15) is 0 Å². The molecule has 34 heavy (non-hydrogen) atoms. The van der Waals surface area contributed by atoms with Crippen molar-refractivity contribution in [1.29, 1.82) is 0 Å². The maximum absolute atomic E-state index is 12.9. The van der Waals surface area contributed by atoms with E-state index < -0.39 is 11.8 Å². The Kier molecular flexibility index (Phi) is 6.95. The quantitative estimate of drug-likeness (QED) is 0.364. The first-order valence-corrected chi connectivity index (χ1v) is 10.9. The zero-order valence-corrected chi connectivity index (χ0v) is 19.8. The summed E-state index contributed by atoms with van der Waals surface area (Å²) in [6.07, 6.45) is 1.48. The summed E-state index contributed by atoms with van der Waals surface area (Å²) in [7, 11) is 2.98. The average Bonchev–Trinajstić information content (AvgIpc) is 3.13. The van der Waals surface area contributed by atoms with E-state index >= 15 is 0 Å². The number of rotatable bonds is 7. The van der Waals surface area contributed by atoms with Crippen LogP contribution >= 0.6 is 23.2 Å². The molecule has 1 aliphatic heterocycles. The van der Waals surface area contributed by atoms with Crippen molar-refractivity contribution in [3.05, 3.63) is 87.4 Å². The van der Waals surface area contributed by atoms with Gasteiger partial charge in [-0.05, 0) is 53.6 Å². The van der Waals surface area contributed by atoms with Gasteiger partial charge in [0.15, 0.2) is 11.5 Å². The number of para-hydroxylation sites is 1. The lowest BCUT2D eigenvalue weighted by atomic mass is 10.1. The van der Waals surface area contributed by atoms with Crippen molar-refractivity contribution >= 4 is 46.8 Å². The number of halogens is 2. The van der Waals surface area contributed by atoms with Gasteiger partial charge in [-0.3, -0.25) is 15.0 Å². The monoisotopic (exact) mass is 498 g/mol. The highest BCUT2D eigenvalue weighted by molar-refractivity contribution is 6.42. The molecule has 1 heterocycles. The lowest BCUT2D eigenvalue weighted by Gasteiger charge is -2.16. The average molecular weight is 499 g/mol. The highest BCUT2D eigenvalue weighted by atomic mass is 35.5. The fourth-order valence-corrected chi connectivity index (χ4v) is 3.71. The van der Waals surface area contributed by atoms with Gasteiger partial charge in [0.2, 0.25) is 5.75 Å². The molecule has 0 spiro atoms. The van der Waals surface area contributed by atoms with Gasteiger partial charge in [0.05, 0.1) is 30.0 Å². The topological polar surface area (TPSA) is 77.1 Å². The number of nitrogens with one attached hydrogen (secondary N) is 1. The Bertz CT molecular complexity index is 1250. The number of nitrogens with zero attached hydrogens (tertiary/aromatic N) is 1. The number of anilines is 1. The Hall–Kier alpha value is -3.68. The van der Waals surface area contributed by atoms with Crippen LogP contribution < -0.4 is 24.6 Å². The molecule has 4 rings (SSSR count). The van der Waals surface area contributed by atoms with Crippen LogP contribution in [0, 0.1) is 0 Å². The Labute approximate surface area is 206 Å². The van der Waals surface area contributed by atoms with Crippen LogP contribution in [0.2, 0.25) is 10.0 Å². The van der Waals surface area contributed by atoms with Gasteiger partial charge in [-0.1, -0.05) is 47.5 Å². The fraction of sp³-hybridized carbons (Fsp3) is 0.120. The molecular weight excluding hydrogens is 479 g/mol. The molecule has 1 saturated heterocycles. The van der Waals surface area contributed by atoms with Crippen LogP contribution in [0.15, 0.2) is 66.2 Å². The Balaban J connectivity index is 1.62. The van der Waals surface area contributed by atoms with Crippen LogP contribution in [0.25, 0.3) is 6.08 Å². The Morgan fingerprint density at radius 1 is 0.912 bits per heavy atom. The van der Waals surface area contributed by atoms with Gasteiger partial charge in [-0.25, -0.2) is 5.01 Å². The molecule has 7 nitrogen and oxygen atoms in total. The van der Waals surface area contributed by atoms with Crippen molar-refractivity contribution in [3.63, 3.8) is 0 Å². The highest BCUT2D eigenvalue weighted by Gasteiger charge is 2.34. The highest BCUT2D eigenvalue weighted by Crippen LogP contribution is 2.40. The van der Waals surface area contributed by atoms with Crippen molar-refractivity contribution in [2.75, 3.05) is 19.2 Å². The number of methoxy groups -OCH3 is 2. The van der Waals surface area contributed by atoms with E-state index in [0.717, 1.165) is 5.56 Å². The van der Waals surface area contributed by atoms with E-state index in [1.165, 1.54) is 25.3 Å². The fourth-order valence-electron chi connectivity index (χ4n) is 3.39. The summed E-state index contributed by atoms with van der Waals surface area (Å²) < 4.78 is 16.9. The molecule has 3 aromatic carbocycles. The molecule has 1 aliphatic rings. The molecule has 0 saturated carbocycles. The first-order valence-electron chi connectivity index (χ1n) is 10.2. The summed E-state index contributed by atoms with van der Waals surface area (Å²) >= 11 is 12.1. The van der Waals surface area contributed by atoms with E-state index in [4.69, 9.17) is 37.4 Å². The third kappa shape index (κ3) is 4.81. The number of amides is 2. The lowest BCUT2D eigenvalue weighted by molar-refractivity contribution is -0.117. The van der Waals surface area contributed by atoms with Gasteiger partial charge >= 0.3 is 0 Å². The predicted octanol–water partition coefficient (Wildman–Crippen LogP) is 5.05. The minimum atomic E-state index is -0.508. The van der Waals surface area contributed by atoms with Gasteiger partial charge in [0.25, 0.3) is 11.8 Å². The number of hydrogen-bond acceptors (Lipinski definition) is 5. The summed E-state index contributed by atoms with van der Waals surface area (Å²) in [5.41, 5.74) is 4.46. The molecule has 0 aromatic heterocycles. The summed E-state index contributed by atoms with van der Waals surface area (Å²) in [4.78, 5) is 25.4. The van der Waals surface area contributed by atoms with Gasteiger partial charge < -0.3 is 14.2 Å². The number of hydrogen-bond donors (Lipinski definition) is 1. The van der Waals surface area contributed by atoms with E-state index in [-0.39, 0.29) is 12.2 Å². The molecule has 2 amide bonds. The van der Waals surface area contributed by atoms with E-state index in [1.54, 1.807) is 54.6 Å². The maximum Gasteiger partial charge on any atom is 0.282 e. The number of hydrazine groups is 1. The first-order chi connectivity index (χ1) is 16.4. The molecule has 0 radical (unpaired) electrons. The first kappa shape index (κ1) is 23.5. The molecule has 0 aliphatic carbocycles. The van der Waals surface area contributed by atoms with E-state index in [1.807, 2.05) is 6.07 Å². The molecular formula is C25H20Cl2N2O5. The van der Waals surface area contributed by atoms with Crippen LogP contribution in [0.3, 0.4) is 0 Å². The van der Waals surface area contributed by atoms with Crippen LogP contribution in [0.1, 0.15) is 11.1 Å². The van der Waals surface area contributed by atoms with Crippen LogP contribution in [0.5, 0.6) is 17.2 Å². The smallest absolute Gasteiger partial charge is 0.282 e. The van der Waals surface area contributed by atoms with Gasteiger partial charge in [0, 0.05) is 0 Å². The van der Waals surface area contributed by atoms with E-state index in [9.17, 15) is 9.59 Å². The number of carbonyl (C=O) groups excluding carboxylic acids is 2. The predicted molar refractivity (Wildman–Crippen MR) is 130 cm³/mol. The minimum Gasteiger partial charge on any atom is -0.493 e. The second-order valence-corrected chi connectivity index (χ2v) is 8.08. The molecule has 0 atom stereocenters. The largest absolute Gasteiger partial charge is 0.493 e. The Morgan fingerprint density at radius 2 is 1.59 bits per heavy atom. The second-order valence-electron chi connectivity index (χ2n) is 7.27. The summed E-state index contributed by atoms with van der Waals surface area (Å²) in [6.45, 7) is 0.191. The minimum absolute atomic E-state index is 0.0163. The molecule has 3 aromatic rings. The number of carbonyl (C=O) groups is 2. The zero-order chi connectivity index (χ0) is 24.2. The zero-order valence-electron chi connectivity index (χ0n) is 18.3. The van der Waals surface area contributed by atoms with E-state index in [0.29, 0.717) is 38.5 Å². The van der Waals surface area contributed by atoms with Crippen molar-refractivity contribution in [2.24, 2.45) is 0 Å². The SMILES string of the molecule is COc1cc(C=C2C(=O)NN(c3ccccc3)C2=O)cc(OC)c1OCc1ccc(Cl)c(Cl)c1. The van der Waals surface area contributed by atoms with Crippen LogP contribution in [0.4, 0.5) is 5.69 Å². The molecule has 1 fully saturated rings. The second kappa shape index (κ2) is 10.1. The lowest BCUT2D eigenvalue weighted by Crippen LogP contribution is -2.35. The summed E-state index contributed by atoms with van der Waals surface area (Å²) in [5.74, 6) is 0.140. The van der Waals surface area contributed by atoms with Gasteiger partial charge in [-0.15, -0.1) is 0 Å². The molecule has 1 N–H and O–H groups in total. The third-order valence-corrected chi connectivity index (χ3v) is 5.81. The van der Waals surface area contributed by atoms with Crippen molar-refractivity contribution in [2.45, 2.75) is 6.61 Å². The summed E-state index contributed by atoms with van der Waals surface area (Å²) in [6, 6.07) is 17.4. The third-order valence-electron chi connectivity index (χ3n) is 5.07. The van der Waals surface area contributed by atoms with Crippen molar-refractivity contribution < 1.29 is 23.8 Å². The normalized spacial score (nSPS) is 14.4. The number of benzene rings is 3. The van der Waals surface area contributed by atoms with Crippen molar-refractivity contribution in [1.82, 2.24) is 5.43 Å². The molecule has 174 valence electrons. The number of ether oxygens (including phenoxy) is 3. The van der Waals surface area contributed by atoms with Crippen molar-refractivity contribution in [3.8, 4) is 17.2 Å². The van der Waals surface area contributed by atoms with Crippen LogP contribution in [-0.2, 0) is 16.2 Å². The van der Waals surface area contributed by atoms with Gasteiger partial charge in [0.1, 0.15) is 12.2 Å². The summed E-state index contributed by atoms with van der Waals surface area (Å²) in [5, 5.41) is 2.08. The molecule has 0 unspecified atom stereocenters. The Morgan fingerprint density at radius 3 is 2.21 bits per heavy atom. The standard InChI is InChI=1S/C25H20Cl2N2O5/c1-32-21-12-16(10-18-24(30)28-29(25(18)31)17-6-4-3-5-7-17)13-22(33-2)23(21)34-14-15-8-9-19(26)20(27)11-15/h3-13H,14H2,1-2H3,(H,28,30).